The van der Waals surface area contributed by atoms with Gasteiger partial charge in [-0.05, 0) is 83.3 Å². The molecule has 0 amide bonds. The minimum Gasteiger partial charge on any atom is -0.334 e. The number of hydrogen-bond acceptors (Lipinski definition) is 2. The van der Waals surface area contributed by atoms with Crippen LogP contribution in [0.4, 0.5) is 11.4 Å². The average molecular weight is 671 g/mol. The van der Waals surface area contributed by atoms with Gasteiger partial charge in [0.05, 0.1) is 17.1 Å². The zero-order chi connectivity index (χ0) is 33.7. The largest absolute Gasteiger partial charge is 0.334 e. The molecule has 0 saturated heterocycles. The zero-order valence-electron chi connectivity index (χ0n) is 28.0. The molecule has 2 heterocycles. The van der Waals surface area contributed by atoms with Gasteiger partial charge in [0.15, 0.2) is 0 Å². The Hall–Kier alpha value is -6.16. The second-order valence-corrected chi connectivity index (χ2v) is 14.3. The van der Waals surface area contributed by atoms with Crippen LogP contribution in [0.5, 0.6) is 0 Å². The summed E-state index contributed by atoms with van der Waals surface area (Å²) < 4.78 is 5.11. The lowest BCUT2D eigenvalue weighted by atomic mass is 9.95. The van der Waals surface area contributed by atoms with E-state index in [1.165, 1.54) is 81.3 Å². The number of aromatic nitrogens is 1. The summed E-state index contributed by atoms with van der Waals surface area (Å²) in [4.78, 5) is 2.53. The highest BCUT2D eigenvalue weighted by molar-refractivity contribution is 7.26. The molecule has 1 atom stereocenters. The summed E-state index contributed by atoms with van der Waals surface area (Å²) in [6, 6.07) is 61.9. The van der Waals surface area contributed by atoms with Crippen molar-refractivity contribution in [3.8, 4) is 16.8 Å². The molecular weight excluding hydrogens is 637 g/mol. The summed E-state index contributed by atoms with van der Waals surface area (Å²) in [7, 11) is 0. The van der Waals surface area contributed by atoms with Gasteiger partial charge in [0.1, 0.15) is 0 Å². The summed E-state index contributed by atoms with van der Waals surface area (Å²) in [6.45, 7) is 0. The number of anilines is 2. The molecule has 242 valence electrons. The molecule has 51 heavy (non-hydrogen) atoms. The first-order valence-corrected chi connectivity index (χ1v) is 18.4. The van der Waals surface area contributed by atoms with Gasteiger partial charge in [-0.15, -0.1) is 11.3 Å². The molecular formula is C48H34N2S. The highest BCUT2D eigenvalue weighted by atomic mass is 32.1. The molecule has 0 saturated carbocycles. The summed E-state index contributed by atoms with van der Waals surface area (Å²) in [5.74, 6) is 0. The van der Waals surface area contributed by atoms with Crippen LogP contribution in [0, 0.1) is 0 Å². The molecule has 7 aromatic carbocycles. The average Bonchev–Trinajstić information content (AvgIpc) is 3.75. The van der Waals surface area contributed by atoms with Crippen LogP contribution in [0.2, 0.25) is 0 Å². The van der Waals surface area contributed by atoms with Crippen LogP contribution < -0.4 is 4.90 Å². The molecule has 3 heteroatoms. The molecule has 0 aliphatic heterocycles. The van der Waals surface area contributed by atoms with Crippen LogP contribution >= 0.6 is 11.3 Å². The topological polar surface area (TPSA) is 8.17 Å². The Labute approximate surface area is 301 Å². The maximum absolute atomic E-state index is 2.53. The SMILES string of the molecule is C1=CC(N(c2ccc(-c3ccccc3)cc2)c2ccc3c(c2)c2c4sc5ccccc5c4ccc2n3-c2ccccc2)CC=C1c1ccccc1. The van der Waals surface area contributed by atoms with Crippen LogP contribution in [-0.2, 0) is 0 Å². The second kappa shape index (κ2) is 12.3. The van der Waals surface area contributed by atoms with Crippen molar-refractivity contribution in [2.45, 2.75) is 12.5 Å². The Bertz CT molecular complexity index is 2750. The third kappa shape index (κ3) is 5.09. The minimum atomic E-state index is 0.157. The summed E-state index contributed by atoms with van der Waals surface area (Å²) >= 11 is 1.90. The van der Waals surface area contributed by atoms with Crippen molar-refractivity contribution in [2.75, 3.05) is 4.90 Å². The summed E-state index contributed by atoms with van der Waals surface area (Å²) in [5.41, 5.74) is 11.0. The lowest BCUT2D eigenvalue weighted by Gasteiger charge is -2.33. The van der Waals surface area contributed by atoms with Crippen LogP contribution in [0.1, 0.15) is 12.0 Å². The first-order valence-electron chi connectivity index (χ1n) is 17.6. The Morgan fingerprint density at radius 3 is 1.92 bits per heavy atom. The Morgan fingerprint density at radius 1 is 0.529 bits per heavy atom. The van der Waals surface area contributed by atoms with E-state index in [0.717, 1.165) is 6.42 Å². The van der Waals surface area contributed by atoms with Crippen molar-refractivity contribution in [1.29, 1.82) is 0 Å². The standard InChI is InChI=1S/C48H34N2S/c1-4-12-33(13-5-1)35-20-24-38(25-21-35)49(39-26-22-36(23-27-39)34-14-6-2-7-15-34)40-28-30-44-43(32-40)47-45(50(44)37-16-8-3-9-17-37)31-29-42-41-18-10-11-19-46(41)51-48(42)47/h1-26,28-32,39H,27H2. The van der Waals surface area contributed by atoms with Gasteiger partial charge >= 0.3 is 0 Å². The fourth-order valence-corrected chi connectivity index (χ4v) is 9.16. The van der Waals surface area contributed by atoms with Crippen molar-refractivity contribution in [3.05, 3.63) is 194 Å². The molecule has 0 bridgehead atoms. The van der Waals surface area contributed by atoms with Gasteiger partial charge in [0.25, 0.3) is 0 Å². The van der Waals surface area contributed by atoms with E-state index in [0.29, 0.717) is 0 Å². The molecule has 2 aromatic heterocycles. The third-order valence-electron chi connectivity index (χ3n) is 10.3. The number of benzene rings is 7. The number of fused-ring (bicyclic) bond motifs is 7. The third-order valence-corrected chi connectivity index (χ3v) is 11.5. The van der Waals surface area contributed by atoms with Gasteiger partial charge in [-0.2, -0.15) is 0 Å². The molecule has 0 N–H and O–H groups in total. The molecule has 0 fully saturated rings. The van der Waals surface area contributed by atoms with Crippen molar-refractivity contribution < 1.29 is 0 Å². The molecule has 1 aliphatic carbocycles. The minimum absolute atomic E-state index is 0.157. The highest BCUT2D eigenvalue weighted by Gasteiger charge is 2.24. The van der Waals surface area contributed by atoms with Gasteiger partial charge in [0, 0.05) is 48.0 Å². The molecule has 0 radical (unpaired) electrons. The quantitative estimate of drug-likeness (QED) is 0.171. The van der Waals surface area contributed by atoms with Crippen LogP contribution in [0.15, 0.2) is 188 Å². The number of hydrogen-bond donors (Lipinski definition) is 0. The van der Waals surface area contributed by atoms with Gasteiger partial charge < -0.3 is 9.47 Å². The number of rotatable bonds is 6. The molecule has 9 aromatic rings. The van der Waals surface area contributed by atoms with Crippen LogP contribution in [0.25, 0.3) is 64.4 Å². The van der Waals surface area contributed by atoms with Crippen molar-refractivity contribution in [3.63, 3.8) is 0 Å². The molecule has 1 unspecified atom stereocenters. The Balaban J connectivity index is 1.18. The van der Waals surface area contributed by atoms with E-state index in [-0.39, 0.29) is 6.04 Å². The first kappa shape index (κ1) is 29.7. The van der Waals surface area contributed by atoms with Gasteiger partial charge in [-0.3, -0.25) is 0 Å². The van der Waals surface area contributed by atoms with Gasteiger partial charge in [-0.25, -0.2) is 0 Å². The van der Waals surface area contributed by atoms with Crippen LogP contribution in [-0.4, -0.2) is 10.6 Å². The van der Waals surface area contributed by atoms with E-state index in [1.807, 2.05) is 11.3 Å². The number of para-hydroxylation sites is 1. The molecule has 10 rings (SSSR count). The maximum Gasteiger partial charge on any atom is 0.0560 e. The van der Waals surface area contributed by atoms with Crippen LogP contribution in [0.3, 0.4) is 0 Å². The zero-order valence-corrected chi connectivity index (χ0v) is 28.8. The van der Waals surface area contributed by atoms with Crippen molar-refractivity contribution in [2.24, 2.45) is 0 Å². The predicted molar refractivity (Wildman–Crippen MR) is 220 cm³/mol. The van der Waals surface area contributed by atoms with Gasteiger partial charge in [-0.1, -0.05) is 133 Å². The second-order valence-electron chi connectivity index (χ2n) is 13.3. The lowest BCUT2D eigenvalue weighted by molar-refractivity contribution is 0.787. The summed E-state index contributed by atoms with van der Waals surface area (Å²) in [5, 5.41) is 5.24. The highest BCUT2D eigenvalue weighted by Crippen LogP contribution is 2.45. The fraction of sp³-hybridized carbons (Fsp3) is 0.0417. The first-order chi connectivity index (χ1) is 25.3. The lowest BCUT2D eigenvalue weighted by Crippen LogP contribution is -2.30. The predicted octanol–water partition coefficient (Wildman–Crippen LogP) is 13.4. The monoisotopic (exact) mass is 670 g/mol. The number of allylic oxidation sites excluding steroid dienone is 2. The summed E-state index contributed by atoms with van der Waals surface area (Å²) in [6.07, 6.45) is 7.99. The van der Waals surface area contributed by atoms with E-state index in [9.17, 15) is 0 Å². The number of nitrogens with zero attached hydrogens (tertiary/aromatic N) is 2. The smallest absolute Gasteiger partial charge is 0.0560 e. The Kier molecular flexibility index (Phi) is 7.18. The molecule has 1 aliphatic rings. The van der Waals surface area contributed by atoms with E-state index in [1.54, 1.807) is 0 Å². The Morgan fingerprint density at radius 2 is 1.18 bits per heavy atom. The van der Waals surface area contributed by atoms with Crippen molar-refractivity contribution in [1.82, 2.24) is 4.57 Å². The van der Waals surface area contributed by atoms with E-state index in [4.69, 9.17) is 0 Å². The number of thiophene rings is 1. The molecule has 2 nitrogen and oxygen atoms in total. The molecule has 0 spiro atoms. The van der Waals surface area contributed by atoms with E-state index >= 15 is 0 Å². The maximum atomic E-state index is 2.53. The van der Waals surface area contributed by atoms with Crippen molar-refractivity contribution >= 4 is 70.3 Å². The normalized spacial score (nSPS) is 14.4. The fourth-order valence-electron chi connectivity index (χ4n) is 7.90. The van der Waals surface area contributed by atoms with Gasteiger partial charge in [0.2, 0.25) is 0 Å². The van der Waals surface area contributed by atoms with E-state index < -0.39 is 0 Å². The van der Waals surface area contributed by atoms with E-state index in [2.05, 4.69) is 198 Å².